The molecule has 0 radical (unpaired) electrons. The molecule has 2 heterocycles. The van der Waals surface area contributed by atoms with E-state index in [9.17, 15) is 14.4 Å². The lowest BCUT2D eigenvalue weighted by atomic mass is 10.1. The fourth-order valence-electron chi connectivity index (χ4n) is 2.24. The van der Waals surface area contributed by atoms with Gasteiger partial charge in [0.05, 0.1) is 12.5 Å². The summed E-state index contributed by atoms with van der Waals surface area (Å²) in [6.45, 7) is 1.64. The number of fused-ring (bicyclic) bond motifs is 1. The van der Waals surface area contributed by atoms with Crippen molar-refractivity contribution in [1.82, 2.24) is 0 Å². The molecule has 7 nitrogen and oxygen atoms in total. The summed E-state index contributed by atoms with van der Waals surface area (Å²) < 4.78 is 20.2. The lowest BCUT2D eigenvalue weighted by Gasteiger charge is -2.04. The Bertz CT molecular complexity index is 1010. The second-order valence-corrected chi connectivity index (χ2v) is 5.31. The lowest BCUT2D eigenvalue weighted by molar-refractivity contribution is 0.0404. The number of rotatable bonds is 4. The normalized spacial score (nSPS) is 10.6. The van der Waals surface area contributed by atoms with Crippen LogP contribution in [0.1, 0.15) is 32.4 Å². The third-order valence-electron chi connectivity index (χ3n) is 3.48. The van der Waals surface area contributed by atoms with Gasteiger partial charge in [0.25, 0.3) is 0 Å². The molecule has 1 aromatic carbocycles. The third kappa shape index (κ3) is 3.45. The van der Waals surface area contributed by atoms with E-state index in [0.29, 0.717) is 11.0 Å². The van der Waals surface area contributed by atoms with Gasteiger partial charge < -0.3 is 18.3 Å². The molecule has 2 aromatic heterocycles. The highest BCUT2D eigenvalue weighted by Crippen LogP contribution is 2.16. The van der Waals surface area contributed by atoms with E-state index in [-0.39, 0.29) is 29.3 Å². The number of benzene rings is 1. The molecule has 0 amide bonds. The fourth-order valence-corrected chi connectivity index (χ4v) is 2.24. The van der Waals surface area contributed by atoms with Crippen molar-refractivity contribution in [3.8, 4) is 0 Å². The average Bonchev–Trinajstić information content (AvgIpc) is 3.08. The first-order chi connectivity index (χ1) is 12.0. The summed E-state index contributed by atoms with van der Waals surface area (Å²) in [5.41, 5.74) is 0.883. The van der Waals surface area contributed by atoms with Crippen LogP contribution in [0, 0.1) is 6.92 Å². The number of esters is 2. The minimum absolute atomic E-state index is 0.00107. The topological polar surface area (TPSA) is 96.0 Å². The standard InChI is InChI=1S/C18H14O7/c1-10-3-5-14-12(7-10)13(19)8-16(25-14)18(21)23-9-11-4-6-15(24-11)17(20)22-2/h3-8H,9H2,1-2H3. The maximum absolute atomic E-state index is 12.1. The van der Waals surface area contributed by atoms with Crippen molar-refractivity contribution in [2.45, 2.75) is 13.5 Å². The van der Waals surface area contributed by atoms with Crippen LogP contribution in [0.15, 0.2) is 50.0 Å². The summed E-state index contributed by atoms with van der Waals surface area (Å²) >= 11 is 0. The van der Waals surface area contributed by atoms with Crippen LogP contribution >= 0.6 is 0 Å². The van der Waals surface area contributed by atoms with E-state index in [1.54, 1.807) is 18.2 Å². The molecule has 0 aliphatic rings. The highest BCUT2D eigenvalue weighted by molar-refractivity contribution is 5.89. The Balaban J connectivity index is 1.76. The molecule has 0 bridgehead atoms. The average molecular weight is 342 g/mol. The lowest BCUT2D eigenvalue weighted by Crippen LogP contribution is -2.10. The van der Waals surface area contributed by atoms with E-state index in [2.05, 4.69) is 4.74 Å². The predicted molar refractivity (Wildman–Crippen MR) is 86.4 cm³/mol. The maximum atomic E-state index is 12.1. The molecule has 0 atom stereocenters. The molecule has 0 saturated heterocycles. The minimum Gasteiger partial charge on any atom is -0.463 e. The molecule has 128 valence electrons. The van der Waals surface area contributed by atoms with E-state index in [1.165, 1.54) is 19.2 Å². The summed E-state index contributed by atoms with van der Waals surface area (Å²) in [6, 6.07) is 9.07. The van der Waals surface area contributed by atoms with Gasteiger partial charge in [-0.2, -0.15) is 0 Å². The van der Waals surface area contributed by atoms with Gasteiger partial charge in [0.1, 0.15) is 18.0 Å². The van der Waals surface area contributed by atoms with Crippen LogP contribution in [-0.2, 0) is 16.1 Å². The van der Waals surface area contributed by atoms with Crippen LogP contribution < -0.4 is 5.43 Å². The Morgan fingerprint density at radius 1 is 1.00 bits per heavy atom. The Hall–Kier alpha value is -3.35. The van der Waals surface area contributed by atoms with Crippen molar-refractivity contribution in [3.63, 3.8) is 0 Å². The summed E-state index contributed by atoms with van der Waals surface area (Å²) in [6.07, 6.45) is 0. The Labute approximate surface area is 141 Å². The molecule has 0 fully saturated rings. The van der Waals surface area contributed by atoms with E-state index in [4.69, 9.17) is 13.6 Å². The number of ether oxygens (including phenoxy) is 2. The summed E-state index contributed by atoms with van der Waals surface area (Å²) in [5, 5.41) is 0.394. The molecule has 25 heavy (non-hydrogen) atoms. The van der Waals surface area contributed by atoms with Gasteiger partial charge in [-0.25, -0.2) is 9.59 Å². The maximum Gasteiger partial charge on any atom is 0.374 e. The zero-order chi connectivity index (χ0) is 18.0. The van der Waals surface area contributed by atoms with Crippen LogP contribution in [0.5, 0.6) is 0 Å². The quantitative estimate of drug-likeness (QED) is 0.673. The second-order valence-electron chi connectivity index (χ2n) is 5.31. The Morgan fingerprint density at radius 2 is 1.80 bits per heavy atom. The second kappa shape index (κ2) is 6.64. The number of hydrogen-bond donors (Lipinski definition) is 0. The highest BCUT2D eigenvalue weighted by atomic mass is 16.6. The molecule has 0 spiro atoms. The molecular formula is C18H14O7. The van der Waals surface area contributed by atoms with Gasteiger partial charge in [0.2, 0.25) is 11.5 Å². The van der Waals surface area contributed by atoms with Crippen LogP contribution in [0.3, 0.4) is 0 Å². The Morgan fingerprint density at radius 3 is 2.56 bits per heavy atom. The molecule has 0 aliphatic heterocycles. The van der Waals surface area contributed by atoms with Crippen molar-refractivity contribution in [1.29, 1.82) is 0 Å². The largest absolute Gasteiger partial charge is 0.463 e. The first kappa shape index (κ1) is 16.5. The van der Waals surface area contributed by atoms with E-state index in [1.807, 2.05) is 6.92 Å². The van der Waals surface area contributed by atoms with Gasteiger partial charge in [-0.1, -0.05) is 11.6 Å². The smallest absolute Gasteiger partial charge is 0.374 e. The summed E-state index contributed by atoms with van der Waals surface area (Å²) in [5.74, 6) is -1.39. The third-order valence-corrected chi connectivity index (χ3v) is 3.48. The molecule has 3 rings (SSSR count). The number of carbonyl (C=O) groups excluding carboxylic acids is 2. The summed E-state index contributed by atoms with van der Waals surface area (Å²) in [4.78, 5) is 35.5. The van der Waals surface area contributed by atoms with Gasteiger partial charge in [0, 0.05) is 6.07 Å². The number of carbonyl (C=O) groups is 2. The zero-order valence-corrected chi connectivity index (χ0v) is 13.5. The molecule has 0 unspecified atom stereocenters. The molecule has 7 heteroatoms. The molecule has 0 N–H and O–H groups in total. The SMILES string of the molecule is COC(=O)c1ccc(COC(=O)c2cc(=O)c3cc(C)ccc3o2)o1. The van der Waals surface area contributed by atoms with Crippen molar-refractivity contribution in [2.24, 2.45) is 0 Å². The highest BCUT2D eigenvalue weighted by Gasteiger charge is 2.16. The van der Waals surface area contributed by atoms with Crippen LogP contribution in [0.4, 0.5) is 0 Å². The monoisotopic (exact) mass is 342 g/mol. The van der Waals surface area contributed by atoms with Crippen LogP contribution in [0.25, 0.3) is 11.0 Å². The summed E-state index contributed by atoms with van der Waals surface area (Å²) in [7, 11) is 1.23. The van der Waals surface area contributed by atoms with Gasteiger partial charge >= 0.3 is 11.9 Å². The molecule has 3 aromatic rings. The Kier molecular flexibility index (Phi) is 4.38. The number of aryl methyl sites for hydroxylation is 1. The van der Waals surface area contributed by atoms with E-state index >= 15 is 0 Å². The first-order valence-corrected chi connectivity index (χ1v) is 7.36. The molecular weight excluding hydrogens is 328 g/mol. The van der Waals surface area contributed by atoms with E-state index in [0.717, 1.165) is 11.6 Å². The van der Waals surface area contributed by atoms with E-state index < -0.39 is 11.9 Å². The fraction of sp³-hybridized carbons (Fsp3) is 0.167. The number of methoxy groups -OCH3 is 1. The van der Waals surface area contributed by atoms with Crippen molar-refractivity contribution < 1.29 is 27.9 Å². The first-order valence-electron chi connectivity index (χ1n) is 7.36. The van der Waals surface area contributed by atoms with Gasteiger partial charge in [-0.3, -0.25) is 4.79 Å². The number of furan rings is 1. The zero-order valence-electron chi connectivity index (χ0n) is 13.5. The molecule has 0 aliphatic carbocycles. The van der Waals surface area contributed by atoms with Gasteiger partial charge in [0.15, 0.2) is 5.43 Å². The minimum atomic E-state index is -0.810. The van der Waals surface area contributed by atoms with Crippen molar-refractivity contribution in [3.05, 3.63) is 69.5 Å². The predicted octanol–water partition coefficient (Wildman–Crippen LogP) is 2.84. The molecule has 0 saturated carbocycles. The van der Waals surface area contributed by atoms with Crippen LogP contribution in [-0.4, -0.2) is 19.0 Å². The van der Waals surface area contributed by atoms with Crippen LogP contribution in [0.2, 0.25) is 0 Å². The van der Waals surface area contributed by atoms with Crippen molar-refractivity contribution in [2.75, 3.05) is 7.11 Å². The number of hydrogen-bond acceptors (Lipinski definition) is 7. The van der Waals surface area contributed by atoms with Gasteiger partial charge in [-0.05, 0) is 31.2 Å². The van der Waals surface area contributed by atoms with Crippen molar-refractivity contribution >= 4 is 22.9 Å². The van der Waals surface area contributed by atoms with Gasteiger partial charge in [-0.15, -0.1) is 0 Å².